The predicted octanol–water partition coefficient (Wildman–Crippen LogP) is 4.59. The van der Waals surface area contributed by atoms with Crippen molar-refractivity contribution in [1.29, 1.82) is 0 Å². The molecular weight excluding hydrogens is 375 g/mol. The van der Waals surface area contributed by atoms with Gasteiger partial charge in [-0.3, -0.25) is 0 Å². The molecule has 28 heavy (non-hydrogen) atoms. The van der Waals surface area contributed by atoms with Gasteiger partial charge in [0.1, 0.15) is 5.82 Å². The molecule has 1 unspecified atom stereocenters. The van der Waals surface area contributed by atoms with Gasteiger partial charge in [0.25, 0.3) is 5.88 Å². The highest BCUT2D eigenvalue weighted by atomic mass is 32.2. The van der Waals surface area contributed by atoms with E-state index < -0.39 is 0 Å². The van der Waals surface area contributed by atoms with Gasteiger partial charge < -0.3 is 15.2 Å². The van der Waals surface area contributed by atoms with Crippen LogP contribution in [-0.2, 0) is 0 Å². The molecule has 1 aromatic heterocycles. The van der Waals surface area contributed by atoms with Crippen LogP contribution in [0.2, 0.25) is 0 Å². The summed E-state index contributed by atoms with van der Waals surface area (Å²) < 4.78 is 19.3. The summed E-state index contributed by atoms with van der Waals surface area (Å²) >= 11 is 1.82. The van der Waals surface area contributed by atoms with Crippen molar-refractivity contribution in [2.75, 3.05) is 18.2 Å². The average molecular weight is 396 g/mol. The summed E-state index contributed by atoms with van der Waals surface area (Å²) in [5, 5.41) is 4.15. The van der Waals surface area contributed by atoms with Crippen LogP contribution in [0.5, 0.6) is 0 Å². The number of hydrogen-bond donors (Lipinski definition) is 1. The second kappa shape index (κ2) is 8.06. The average Bonchev–Trinajstić information content (AvgIpc) is 3.40. The normalized spacial score (nSPS) is 15.8. The van der Waals surface area contributed by atoms with Crippen molar-refractivity contribution in [3.63, 3.8) is 0 Å². The monoisotopic (exact) mass is 396 g/mol. The van der Waals surface area contributed by atoms with E-state index in [4.69, 9.17) is 10.3 Å². The van der Waals surface area contributed by atoms with E-state index in [0.29, 0.717) is 17.4 Å². The number of rotatable bonds is 4. The van der Waals surface area contributed by atoms with Gasteiger partial charge >= 0.3 is 0 Å². The molecule has 3 aromatic rings. The third-order valence-corrected chi connectivity index (χ3v) is 5.82. The molecule has 1 aliphatic rings. The van der Waals surface area contributed by atoms with Gasteiger partial charge in [-0.2, -0.15) is 4.99 Å². The van der Waals surface area contributed by atoms with E-state index in [2.05, 4.69) is 10.1 Å². The fraction of sp³-hybridized carbons (Fsp3) is 0.238. The van der Waals surface area contributed by atoms with Crippen molar-refractivity contribution in [3.8, 4) is 11.1 Å². The molecule has 1 atom stereocenters. The molecule has 1 fully saturated rings. The van der Waals surface area contributed by atoms with Crippen LogP contribution in [0.3, 0.4) is 0 Å². The summed E-state index contributed by atoms with van der Waals surface area (Å²) in [5.41, 5.74) is 9.31. The van der Waals surface area contributed by atoms with Crippen molar-refractivity contribution in [2.24, 2.45) is 10.7 Å². The van der Waals surface area contributed by atoms with Crippen LogP contribution in [0.25, 0.3) is 11.1 Å². The number of hydrogen-bond acceptors (Lipinski definition) is 4. The van der Waals surface area contributed by atoms with E-state index >= 15 is 0 Å². The molecule has 0 radical (unpaired) electrons. The maximum atomic E-state index is 14.0. The first-order chi connectivity index (χ1) is 13.6. The molecular formula is C21H21FN4OS. The summed E-state index contributed by atoms with van der Waals surface area (Å²) in [6.07, 6.45) is 0. The number of nitrogens with zero attached hydrogens (tertiary/aromatic N) is 3. The Bertz CT molecular complexity index is 980. The zero-order chi connectivity index (χ0) is 19.5. The number of guanidine groups is 1. The lowest BCUT2D eigenvalue weighted by atomic mass is 9.95. The highest BCUT2D eigenvalue weighted by Crippen LogP contribution is 2.29. The second-order valence-electron chi connectivity index (χ2n) is 6.68. The predicted molar refractivity (Wildman–Crippen MR) is 111 cm³/mol. The fourth-order valence-electron chi connectivity index (χ4n) is 3.13. The van der Waals surface area contributed by atoms with E-state index in [-0.39, 0.29) is 11.7 Å². The largest absolute Gasteiger partial charge is 0.369 e. The zero-order valence-corrected chi connectivity index (χ0v) is 16.3. The summed E-state index contributed by atoms with van der Waals surface area (Å²) in [6, 6.07) is 16.4. The number of benzene rings is 2. The van der Waals surface area contributed by atoms with Gasteiger partial charge in [-0.05, 0) is 17.2 Å². The lowest BCUT2D eigenvalue weighted by Crippen LogP contribution is -2.34. The Hall–Kier alpha value is -2.80. The van der Waals surface area contributed by atoms with Crippen molar-refractivity contribution in [3.05, 3.63) is 71.7 Å². The topological polar surface area (TPSA) is 67.7 Å². The minimum Gasteiger partial charge on any atom is -0.369 e. The molecule has 1 saturated heterocycles. The number of thioether (sulfide) groups is 1. The zero-order valence-electron chi connectivity index (χ0n) is 15.5. The molecule has 5 nitrogen and oxygen atoms in total. The molecule has 144 valence electrons. The SMILES string of the molecule is CC(c1ccc(-c2ccccc2F)cc1)c1cc(N=C(N)N2CCSC2)on1. The van der Waals surface area contributed by atoms with Crippen molar-refractivity contribution in [1.82, 2.24) is 10.1 Å². The number of aromatic nitrogens is 1. The van der Waals surface area contributed by atoms with Crippen LogP contribution in [-0.4, -0.2) is 34.2 Å². The van der Waals surface area contributed by atoms with E-state index in [1.807, 2.05) is 60.0 Å². The van der Waals surface area contributed by atoms with Gasteiger partial charge in [0.05, 0.1) is 11.6 Å². The molecule has 0 bridgehead atoms. The van der Waals surface area contributed by atoms with Crippen LogP contribution in [0, 0.1) is 5.82 Å². The molecule has 7 heteroatoms. The first-order valence-corrected chi connectivity index (χ1v) is 10.3. The summed E-state index contributed by atoms with van der Waals surface area (Å²) in [5.74, 6) is 2.55. The van der Waals surface area contributed by atoms with Gasteiger partial charge in [0.2, 0.25) is 0 Å². The van der Waals surface area contributed by atoms with Crippen molar-refractivity contribution < 1.29 is 8.91 Å². The number of aliphatic imine (C=N–C) groups is 1. The smallest absolute Gasteiger partial charge is 0.253 e. The molecule has 0 aliphatic carbocycles. The van der Waals surface area contributed by atoms with E-state index in [1.165, 1.54) is 6.07 Å². The van der Waals surface area contributed by atoms with Gasteiger partial charge in [-0.25, -0.2) is 4.39 Å². The van der Waals surface area contributed by atoms with Crippen LogP contribution in [0.15, 0.2) is 64.1 Å². The lowest BCUT2D eigenvalue weighted by molar-refractivity contribution is 0.417. The van der Waals surface area contributed by atoms with Crippen LogP contribution >= 0.6 is 11.8 Å². The Morgan fingerprint density at radius 1 is 1.25 bits per heavy atom. The fourth-order valence-corrected chi connectivity index (χ4v) is 4.09. The summed E-state index contributed by atoms with van der Waals surface area (Å²) in [7, 11) is 0. The molecule has 0 saturated carbocycles. The molecule has 2 N–H and O–H groups in total. The highest BCUT2D eigenvalue weighted by Gasteiger charge is 2.17. The molecule has 4 rings (SSSR count). The molecule has 1 aliphatic heterocycles. The van der Waals surface area contributed by atoms with Gasteiger partial charge in [0.15, 0.2) is 5.96 Å². The Morgan fingerprint density at radius 2 is 2.04 bits per heavy atom. The maximum absolute atomic E-state index is 14.0. The van der Waals surface area contributed by atoms with E-state index in [1.54, 1.807) is 12.1 Å². The van der Waals surface area contributed by atoms with E-state index in [9.17, 15) is 4.39 Å². The minimum atomic E-state index is -0.226. The van der Waals surface area contributed by atoms with E-state index in [0.717, 1.165) is 35.0 Å². The standard InChI is InChI=1S/C21H21FN4OS/c1-14(15-6-8-16(9-7-15)17-4-2-3-5-18(17)22)19-12-20(27-25-19)24-21(23)26-10-11-28-13-26/h2-9,12,14H,10-11,13H2,1H3,(H2,23,24). The van der Waals surface area contributed by atoms with Gasteiger partial charge in [0, 0.05) is 29.8 Å². The minimum absolute atomic E-state index is 0.0194. The summed E-state index contributed by atoms with van der Waals surface area (Å²) in [6.45, 7) is 2.94. The van der Waals surface area contributed by atoms with Crippen molar-refractivity contribution >= 4 is 23.6 Å². The number of nitrogens with two attached hydrogens (primary N) is 1. The van der Waals surface area contributed by atoms with Crippen LogP contribution < -0.4 is 5.73 Å². The Balaban J connectivity index is 1.50. The van der Waals surface area contributed by atoms with Crippen molar-refractivity contribution in [2.45, 2.75) is 12.8 Å². The lowest BCUT2D eigenvalue weighted by Gasteiger charge is -2.13. The Kier molecular flexibility index (Phi) is 5.34. The number of halogens is 1. The Labute approximate surface area is 167 Å². The molecule has 0 spiro atoms. The third-order valence-electron chi connectivity index (χ3n) is 4.86. The van der Waals surface area contributed by atoms with Crippen LogP contribution in [0.1, 0.15) is 24.1 Å². The molecule has 2 aromatic carbocycles. The first kappa shape index (κ1) is 18.6. The molecule has 2 heterocycles. The van der Waals surface area contributed by atoms with Crippen LogP contribution in [0.4, 0.5) is 10.3 Å². The quantitative estimate of drug-likeness (QED) is 0.516. The highest BCUT2D eigenvalue weighted by molar-refractivity contribution is 7.99. The third kappa shape index (κ3) is 3.89. The van der Waals surface area contributed by atoms with Gasteiger partial charge in [-0.15, -0.1) is 11.8 Å². The second-order valence-corrected chi connectivity index (χ2v) is 7.76. The Morgan fingerprint density at radius 3 is 2.75 bits per heavy atom. The molecule has 0 amide bonds. The van der Waals surface area contributed by atoms with Gasteiger partial charge in [-0.1, -0.05) is 54.5 Å². The first-order valence-electron chi connectivity index (χ1n) is 9.10. The maximum Gasteiger partial charge on any atom is 0.253 e. The summed E-state index contributed by atoms with van der Waals surface area (Å²) in [4.78, 5) is 6.35.